The van der Waals surface area contributed by atoms with Crippen LogP contribution in [0.4, 0.5) is 0 Å². The van der Waals surface area contributed by atoms with Crippen LogP contribution in [-0.2, 0) is 6.67 Å². The Balaban J connectivity index is 2.38. The van der Waals surface area contributed by atoms with Crippen LogP contribution in [0, 0.1) is 25.2 Å². The molecule has 1 aromatic heterocycles. The summed E-state index contributed by atoms with van der Waals surface area (Å²) in [5.74, 6) is 0. The van der Waals surface area contributed by atoms with Crippen molar-refractivity contribution in [2.24, 2.45) is 0 Å². The largest absolute Gasteiger partial charge is 0.316 e. The number of nitrogens with one attached hydrogen (secondary N) is 1. The van der Waals surface area contributed by atoms with E-state index in [1.807, 2.05) is 13.0 Å². The molecular formula is C12H17N4O+. The van der Waals surface area contributed by atoms with E-state index < -0.39 is 0 Å². The Hall–Kier alpha value is -1.67. The Morgan fingerprint density at radius 2 is 2.06 bits per heavy atom. The molecule has 0 radical (unpaired) electrons. The molecule has 0 amide bonds. The van der Waals surface area contributed by atoms with Crippen molar-refractivity contribution in [3.05, 3.63) is 27.2 Å². The Bertz CT molecular complexity index is 521. The first kappa shape index (κ1) is 11.8. The minimum atomic E-state index is -0.255. The van der Waals surface area contributed by atoms with Gasteiger partial charge in [-0.3, -0.25) is 4.79 Å². The van der Waals surface area contributed by atoms with E-state index in [4.69, 9.17) is 5.26 Å². The van der Waals surface area contributed by atoms with E-state index in [-0.39, 0.29) is 11.1 Å². The standard InChI is InChI=1S/C12H16N4O/c1-9-10(2)14-16(12(17)11(9)7-13)8-15-5-3-4-6-15/h3-6,8H2,1-2H3/p+1. The van der Waals surface area contributed by atoms with Gasteiger partial charge in [-0.2, -0.15) is 15.0 Å². The lowest BCUT2D eigenvalue weighted by Gasteiger charge is -2.14. The SMILES string of the molecule is Cc1nn(C[NH+]2CCCC2)c(=O)c(C#N)c1C. The number of nitrogens with zero attached hydrogens (tertiary/aromatic N) is 3. The molecule has 0 atom stereocenters. The molecule has 1 aliphatic rings. The predicted octanol–water partition coefficient (Wildman–Crippen LogP) is -0.632. The summed E-state index contributed by atoms with van der Waals surface area (Å²) >= 11 is 0. The van der Waals surface area contributed by atoms with Gasteiger partial charge in [0, 0.05) is 12.8 Å². The number of likely N-dealkylation sites (tertiary alicyclic amines) is 1. The summed E-state index contributed by atoms with van der Waals surface area (Å²) in [5, 5.41) is 13.3. The maximum atomic E-state index is 12.0. The normalized spacial score (nSPS) is 16.1. The van der Waals surface area contributed by atoms with Gasteiger partial charge in [0.15, 0.2) is 6.67 Å². The van der Waals surface area contributed by atoms with Crippen LogP contribution in [0.1, 0.15) is 29.7 Å². The van der Waals surface area contributed by atoms with Crippen molar-refractivity contribution in [1.82, 2.24) is 9.78 Å². The van der Waals surface area contributed by atoms with E-state index in [9.17, 15) is 4.79 Å². The number of nitriles is 1. The lowest BCUT2D eigenvalue weighted by atomic mass is 10.1. The lowest BCUT2D eigenvalue weighted by Crippen LogP contribution is -3.09. The summed E-state index contributed by atoms with van der Waals surface area (Å²) in [7, 11) is 0. The smallest absolute Gasteiger partial charge is 0.289 e. The Kier molecular flexibility index (Phi) is 3.25. The molecule has 0 aliphatic carbocycles. The molecule has 2 heterocycles. The number of quaternary nitrogens is 1. The molecule has 2 rings (SSSR count). The summed E-state index contributed by atoms with van der Waals surface area (Å²) in [6.45, 7) is 6.36. The second-order valence-electron chi connectivity index (χ2n) is 4.62. The monoisotopic (exact) mass is 233 g/mol. The maximum absolute atomic E-state index is 12.0. The fraction of sp³-hybridized carbons (Fsp3) is 0.583. The van der Waals surface area contributed by atoms with Crippen LogP contribution in [0.5, 0.6) is 0 Å². The fourth-order valence-corrected chi connectivity index (χ4v) is 2.26. The molecule has 5 heteroatoms. The first-order chi connectivity index (χ1) is 8.13. The fourth-order valence-electron chi connectivity index (χ4n) is 2.26. The molecule has 1 aliphatic heterocycles. The third kappa shape index (κ3) is 2.22. The summed E-state index contributed by atoms with van der Waals surface area (Å²) < 4.78 is 1.45. The van der Waals surface area contributed by atoms with Gasteiger partial charge in [0.05, 0.1) is 18.8 Å². The van der Waals surface area contributed by atoms with Crippen molar-refractivity contribution in [2.45, 2.75) is 33.4 Å². The molecular weight excluding hydrogens is 216 g/mol. The molecule has 1 aromatic rings. The average Bonchev–Trinajstić information content (AvgIpc) is 2.79. The van der Waals surface area contributed by atoms with Gasteiger partial charge >= 0.3 is 0 Å². The van der Waals surface area contributed by atoms with Gasteiger partial charge in [-0.25, -0.2) is 0 Å². The van der Waals surface area contributed by atoms with Gasteiger partial charge < -0.3 is 4.90 Å². The van der Waals surface area contributed by atoms with Crippen LogP contribution in [0.25, 0.3) is 0 Å². The molecule has 1 fully saturated rings. The molecule has 17 heavy (non-hydrogen) atoms. The molecule has 0 bridgehead atoms. The summed E-state index contributed by atoms with van der Waals surface area (Å²) in [6, 6.07) is 1.99. The Morgan fingerprint density at radius 1 is 1.41 bits per heavy atom. The van der Waals surface area contributed by atoms with Crippen molar-refractivity contribution in [3.63, 3.8) is 0 Å². The Labute approximate surface area is 100 Å². The van der Waals surface area contributed by atoms with Crippen molar-refractivity contribution in [3.8, 4) is 6.07 Å². The first-order valence-corrected chi connectivity index (χ1v) is 5.95. The quantitative estimate of drug-likeness (QED) is 0.739. The summed E-state index contributed by atoms with van der Waals surface area (Å²) in [5.41, 5.74) is 1.44. The summed E-state index contributed by atoms with van der Waals surface area (Å²) in [4.78, 5) is 13.4. The molecule has 0 aromatic carbocycles. The number of aryl methyl sites for hydroxylation is 1. The molecule has 0 saturated carbocycles. The van der Waals surface area contributed by atoms with Gasteiger partial charge in [-0.05, 0) is 19.4 Å². The zero-order valence-electron chi connectivity index (χ0n) is 10.3. The predicted molar refractivity (Wildman–Crippen MR) is 62.6 cm³/mol. The minimum Gasteiger partial charge on any atom is -0.316 e. The van der Waals surface area contributed by atoms with E-state index in [2.05, 4.69) is 5.10 Å². The van der Waals surface area contributed by atoms with E-state index in [1.54, 1.807) is 6.92 Å². The van der Waals surface area contributed by atoms with E-state index in [0.717, 1.165) is 18.8 Å². The van der Waals surface area contributed by atoms with E-state index >= 15 is 0 Å². The second-order valence-corrected chi connectivity index (χ2v) is 4.62. The zero-order valence-corrected chi connectivity index (χ0v) is 10.3. The highest BCUT2D eigenvalue weighted by Crippen LogP contribution is 2.03. The van der Waals surface area contributed by atoms with Gasteiger partial charge in [-0.1, -0.05) is 0 Å². The van der Waals surface area contributed by atoms with Crippen molar-refractivity contribution < 1.29 is 4.90 Å². The zero-order chi connectivity index (χ0) is 12.4. The molecule has 90 valence electrons. The lowest BCUT2D eigenvalue weighted by molar-refractivity contribution is -0.911. The average molecular weight is 233 g/mol. The van der Waals surface area contributed by atoms with E-state index in [0.29, 0.717) is 12.2 Å². The second kappa shape index (κ2) is 4.68. The van der Waals surface area contributed by atoms with Crippen LogP contribution >= 0.6 is 0 Å². The molecule has 1 saturated heterocycles. The van der Waals surface area contributed by atoms with Gasteiger partial charge in [0.1, 0.15) is 11.6 Å². The van der Waals surface area contributed by atoms with Crippen LogP contribution in [0.3, 0.4) is 0 Å². The minimum absolute atomic E-state index is 0.232. The molecule has 0 unspecified atom stereocenters. The topological polar surface area (TPSA) is 63.1 Å². The van der Waals surface area contributed by atoms with Gasteiger partial charge in [0.2, 0.25) is 0 Å². The third-order valence-electron chi connectivity index (χ3n) is 3.43. The van der Waals surface area contributed by atoms with Gasteiger partial charge in [-0.15, -0.1) is 0 Å². The van der Waals surface area contributed by atoms with Crippen molar-refractivity contribution >= 4 is 0 Å². The Morgan fingerprint density at radius 3 is 2.65 bits per heavy atom. The maximum Gasteiger partial charge on any atom is 0.289 e. The third-order valence-corrected chi connectivity index (χ3v) is 3.43. The summed E-state index contributed by atoms with van der Waals surface area (Å²) in [6.07, 6.45) is 2.42. The number of rotatable bonds is 2. The number of aromatic nitrogens is 2. The van der Waals surface area contributed by atoms with Crippen LogP contribution in [0.2, 0.25) is 0 Å². The first-order valence-electron chi connectivity index (χ1n) is 5.95. The number of hydrogen-bond donors (Lipinski definition) is 1. The highest BCUT2D eigenvalue weighted by atomic mass is 16.1. The number of hydrogen-bond acceptors (Lipinski definition) is 3. The highest BCUT2D eigenvalue weighted by molar-refractivity contribution is 5.35. The van der Waals surface area contributed by atoms with Crippen LogP contribution < -0.4 is 10.5 Å². The van der Waals surface area contributed by atoms with Gasteiger partial charge in [0.25, 0.3) is 5.56 Å². The van der Waals surface area contributed by atoms with Crippen LogP contribution in [0.15, 0.2) is 4.79 Å². The van der Waals surface area contributed by atoms with E-state index in [1.165, 1.54) is 22.4 Å². The van der Waals surface area contributed by atoms with Crippen molar-refractivity contribution in [1.29, 1.82) is 5.26 Å². The molecule has 1 N–H and O–H groups in total. The molecule has 5 nitrogen and oxygen atoms in total. The molecule has 0 spiro atoms. The van der Waals surface area contributed by atoms with Crippen molar-refractivity contribution in [2.75, 3.05) is 13.1 Å². The highest BCUT2D eigenvalue weighted by Gasteiger charge is 2.19. The van der Waals surface area contributed by atoms with Crippen LogP contribution in [-0.4, -0.2) is 22.9 Å².